The lowest BCUT2D eigenvalue weighted by Gasteiger charge is -2.13. The molecule has 2 heterocycles. The fourth-order valence-electron chi connectivity index (χ4n) is 2.85. The fourth-order valence-corrected chi connectivity index (χ4v) is 4.42. The number of hydrogen-bond acceptors (Lipinski definition) is 6. The van der Waals surface area contributed by atoms with Crippen molar-refractivity contribution >= 4 is 38.9 Å². The number of hydrogen-bond donors (Lipinski definition) is 2. The Morgan fingerprint density at radius 1 is 1.13 bits per heavy atom. The smallest absolute Gasteiger partial charge is 0.287 e. The van der Waals surface area contributed by atoms with E-state index in [0.29, 0.717) is 24.2 Å². The first kappa shape index (κ1) is 23.2. The quantitative estimate of drug-likeness (QED) is 0.486. The number of nitrogens with zero attached hydrogens (tertiary/aromatic N) is 3. The van der Waals surface area contributed by atoms with Crippen molar-refractivity contribution in [3.05, 3.63) is 80.4 Å². The molecule has 0 saturated carbocycles. The van der Waals surface area contributed by atoms with Gasteiger partial charge < -0.3 is 5.32 Å². The lowest BCUT2D eigenvalue weighted by molar-refractivity contribution is 0.580. The molecule has 0 aliphatic rings. The molecule has 2 N–H and O–H groups in total. The van der Waals surface area contributed by atoms with Crippen molar-refractivity contribution in [3.8, 4) is 0 Å². The lowest BCUT2D eigenvalue weighted by atomic mass is 10.2. The molecule has 0 unspecified atom stereocenters. The van der Waals surface area contributed by atoms with Gasteiger partial charge in [-0.05, 0) is 36.8 Å². The summed E-state index contributed by atoms with van der Waals surface area (Å²) in [4.78, 5) is 16.4. The standard InChI is InChI=1S/C20H21Cl2N5O3S/c1-14-5-6-16(24-10-11-27-20(28)19(22)17(21)13-25-27)12-18(14)31(29,30)26-9-7-15-4-2-3-8-23-15/h2-6,8,12-13,24,26H,7,9-11H2,1H3. The monoisotopic (exact) mass is 481 g/mol. The Morgan fingerprint density at radius 2 is 1.94 bits per heavy atom. The van der Waals surface area contributed by atoms with E-state index in [4.69, 9.17) is 23.2 Å². The summed E-state index contributed by atoms with van der Waals surface area (Å²) in [6, 6.07) is 10.6. The van der Waals surface area contributed by atoms with E-state index in [1.807, 2.05) is 18.2 Å². The van der Waals surface area contributed by atoms with Crippen LogP contribution in [-0.2, 0) is 23.0 Å². The molecule has 0 amide bonds. The summed E-state index contributed by atoms with van der Waals surface area (Å²) in [5, 5.41) is 7.05. The van der Waals surface area contributed by atoms with Crippen molar-refractivity contribution in [2.45, 2.75) is 24.8 Å². The molecule has 2 aromatic heterocycles. The molecule has 164 valence electrons. The predicted molar refractivity (Wildman–Crippen MR) is 121 cm³/mol. The third kappa shape index (κ3) is 6.04. The summed E-state index contributed by atoms with van der Waals surface area (Å²) in [6.07, 6.45) is 3.46. The molecule has 3 aromatic rings. The van der Waals surface area contributed by atoms with E-state index in [1.54, 1.807) is 31.3 Å². The van der Waals surface area contributed by atoms with Crippen LogP contribution in [0.25, 0.3) is 0 Å². The summed E-state index contributed by atoms with van der Waals surface area (Å²) >= 11 is 11.6. The number of nitrogens with one attached hydrogen (secondary N) is 2. The number of aryl methyl sites for hydroxylation is 1. The van der Waals surface area contributed by atoms with E-state index in [9.17, 15) is 13.2 Å². The Kier molecular flexibility index (Phi) is 7.66. The van der Waals surface area contributed by atoms with Gasteiger partial charge in [-0.1, -0.05) is 35.3 Å². The minimum absolute atomic E-state index is 0.0860. The van der Waals surface area contributed by atoms with Gasteiger partial charge in [-0.3, -0.25) is 9.78 Å². The van der Waals surface area contributed by atoms with Crippen LogP contribution in [0.2, 0.25) is 10.0 Å². The zero-order valence-corrected chi connectivity index (χ0v) is 19.0. The van der Waals surface area contributed by atoms with Gasteiger partial charge in [0.2, 0.25) is 10.0 Å². The van der Waals surface area contributed by atoms with E-state index in [1.165, 1.54) is 10.9 Å². The minimum atomic E-state index is -3.70. The topological polar surface area (TPSA) is 106 Å². The van der Waals surface area contributed by atoms with E-state index in [-0.39, 0.29) is 28.0 Å². The van der Waals surface area contributed by atoms with Gasteiger partial charge >= 0.3 is 0 Å². The van der Waals surface area contributed by atoms with Gasteiger partial charge in [0.05, 0.1) is 22.7 Å². The normalized spacial score (nSPS) is 11.5. The van der Waals surface area contributed by atoms with Crippen LogP contribution < -0.4 is 15.6 Å². The Bertz CT molecular complexity index is 1220. The molecule has 0 radical (unpaired) electrons. The van der Waals surface area contributed by atoms with Crippen molar-refractivity contribution in [1.29, 1.82) is 0 Å². The van der Waals surface area contributed by atoms with Gasteiger partial charge in [-0.15, -0.1) is 0 Å². The average molecular weight is 482 g/mol. The highest BCUT2D eigenvalue weighted by atomic mass is 35.5. The molecule has 0 bridgehead atoms. The number of sulfonamides is 1. The molecule has 8 nitrogen and oxygen atoms in total. The number of benzene rings is 1. The number of rotatable bonds is 9. The second kappa shape index (κ2) is 10.2. The van der Waals surface area contributed by atoms with Crippen molar-refractivity contribution < 1.29 is 8.42 Å². The second-order valence-electron chi connectivity index (χ2n) is 6.71. The Labute approximate surface area is 190 Å². The van der Waals surface area contributed by atoms with E-state index < -0.39 is 15.6 Å². The Balaban J connectivity index is 1.64. The van der Waals surface area contributed by atoms with Gasteiger partial charge in [-0.25, -0.2) is 17.8 Å². The van der Waals surface area contributed by atoms with Crippen LogP contribution in [0.4, 0.5) is 5.69 Å². The summed E-state index contributed by atoms with van der Waals surface area (Å²) < 4.78 is 29.3. The van der Waals surface area contributed by atoms with Gasteiger partial charge in [0, 0.05) is 37.1 Å². The van der Waals surface area contributed by atoms with Crippen LogP contribution in [0.3, 0.4) is 0 Å². The molecule has 0 aliphatic heterocycles. The van der Waals surface area contributed by atoms with Crippen LogP contribution in [-0.4, -0.2) is 36.3 Å². The third-order valence-corrected chi connectivity index (χ3v) is 6.82. The molecular formula is C20H21Cl2N5O3S. The largest absolute Gasteiger partial charge is 0.383 e. The maximum atomic E-state index is 12.8. The molecule has 0 saturated heterocycles. The third-order valence-electron chi connectivity index (χ3n) is 4.47. The number of pyridine rings is 1. The second-order valence-corrected chi connectivity index (χ2v) is 9.23. The number of anilines is 1. The van der Waals surface area contributed by atoms with Crippen LogP contribution in [0.1, 0.15) is 11.3 Å². The van der Waals surface area contributed by atoms with E-state index in [2.05, 4.69) is 20.1 Å². The maximum absolute atomic E-state index is 12.8. The van der Waals surface area contributed by atoms with Crippen LogP contribution >= 0.6 is 23.2 Å². The molecule has 1 aromatic carbocycles. The SMILES string of the molecule is Cc1ccc(NCCn2ncc(Cl)c(Cl)c2=O)cc1S(=O)(=O)NCCc1ccccn1. The summed E-state index contributed by atoms with van der Waals surface area (Å²) in [5.41, 5.74) is 1.55. The van der Waals surface area contributed by atoms with Crippen LogP contribution in [0.5, 0.6) is 0 Å². The van der Waals surface area contributed by atoms with Crippen LogP contribution in [0.15, 0.2) is 58.5 Å². The number of halogens is 2. The van der Waals surface area contributed by atoms with Crippen molar-refractivity contribution in [3.63, 3.8) is 0 Å². The average Bonchev–Trinajstić information content (AvgIpc) is 2.75. The molecular weight excluding hydrogens is 461 g/mol. The van der Waals surface area contributed by atoms with Gasteiger partial charge in [0.25, 0.3) is 5.56 Å². The van der Waals surface area contributed by atoms with E-state index in [0.717, 1.165) is 5.69 Å². The van der Waals surface area contributed by atoms with Crippen molar-refractivity contribution in [2.24, 2.45) is 0 Å². The fraction of sp³-hybridized carbons (Fsp3) is 0.250. The molecule has 0 atom stereocenters. The first-order valence-corrected chi connectivity index (χ1v) is 11.7. The van der Waals surface area contributed by atoms with Gasteiger partial charge in [0.15, 0.2) is 0 Å². The first-order chi connectivity index (χ1) is 14.8. The molecule has 0 fully saturated rings. The van der Waals surface area contributed by atoms with Crippen molar-refractivity contribution in [1.82, 2.24) is 19.5 Å². The Hall–Kier alpha value is -2.46. The summed E-state index contributed by atoms with van der Waals surface area (Å²) in [5.74, 6) is 0. The molecule has 3 rings (SSSR count). The highest BCUT2D eigenvalue weighted by Gasteiger charge is 2.17. The molecule has 31 heavy (non-hydrogen) atoms. The highest BCUT2D eigenvalue weighted by Crippen LogP contribution is 2.20. The Morgan fingerprint density at radius 3 is 2.68 bits per heavy atom. The van der Waals surface area contributed by atoms with E-state index >= 15 is 0 Å². The lowest BCUT2D eigenvalue weighted by Crippen LogP contribution is -2.27. The minimum Gasteiger partial charge on any atom is -0.383 e. The van der Waals surface area contributed by atoms with Crippen LogP contribution in [0, 0.1) is 6.92 Å². The molecule has 0 aliphatic carbocycles. The zero-order chi connectivity index (χ0) is 22.4. The number of aromatic nitrogens is 3. The first-order valence-electron chi connectivity index (χ1n) is 9.43. The van der Waals surface area contributed by atoms with Crippen molar-refractivity contribution in [2.75, 3.05) is 18.4 Å². The van der Waals surface area contributed by atoms with Gasteiger partial charge in [-0.2, -0.15) is 5.10 Å². The predicted octanol–water partition coefficient (Wildman–Crippen LogP) is 2.89. The maximum Gasteiger partial charge on any atom is 0.287 e. The molecule has 11 heteroatoms. The van der Waals surface area contributed by atoms with Gasteiger partial charge in [0.1, 0.15) is 5.02 Å². The summed E-state index contributed by atoms with van der Waals surface area (Å²) in [7, 11) is -3.70. The summed E-state index contributed by atoms with van der Waals surface area (Å²) in [6.45, 7) is 2.53. The zero-order valence-electron chi connectivity index (χ0n) is 16.7. The molecule has 0 spiro atoms. The highest BCUT2D eigenvalue weighted by molar-refractivity contribution is 7.89.